The Labute approximate surface area is 113 Å². The Hall–Kier alpha value is -1.31. The van der Waals surface area contributed by atoms with Crippen molar-refractivity contribution in [2.75, 3.05) is 0 Å². The van der Waals surface area contributed by atoms with Gasteiger partial charge in [-0.3, -0.25) is 0 Å². The van der Waals surface area contributed by atoms with Gasteiger partial charge in [-0.2, -0.15) is 0 Å². The lowest BCUT2D eigenvalue weighted by atomic mass is 10.0. The van der Waals surface area contributed by atoms with Crippen molar-refractivity contribution >= 4 is 11.6 Å². The molecular formula is C16H17ClO. The SMILES string of the molecule is Cc1ccc(C(O)CCc2ccc(Cl)cc2)cc1. The van der Waals surface area contributed by atoms with Crippen molar-refractivity contribution in [1.82, 2.24) is 0 Å². The van der Waals surface area contributed by atoms with E-state index in [0.717, 1.165) is 23.4 Å². The molecule has 1 atom stereocenters. The van der Waals surface area contributed by atoms with E-state index in [1.54, 1.807) is 0 Å². The maximum Gasteiger partial charge on any atom is 0.0793 e. The van der Waals surface area contributed by atoms with E-state index in [-0.39, 0.29) is 0 Å². The third kappa shape index (κ3) is 3.59. The van der Waals surface area contributed by atoms with Crippen molar-refractivity contribution in [3.8, 4) is 0 Å². The molecule has 0 radical (unpaired) electrons. The number of aliphatic hydroxyl groups excluding tert-OH is 1. The molecule has 0 aromatic heterocycles. The zero-order valence-corrected chi connectivity index (χ0v) is 11.2. The fourth-order valence-corrected chi connectivity index (χ4v) is 2.04. The van der Waals surface area contributed by atoms with Crippen molar-refractivity contribution in [1.29, 1.82) is 0 Å². The minimum atomic E-state index is -0.402. The van der Waals surface area contributed by atoms with E-state index in [2.05, 4.69) is 0 Å². The van der Waals surface area contributed by atoms with E-state index < -0.39 is 6.10 Å². The number of benzene rings is 2. The normalized spacial score (nSPS) is 12.4. The molecule has 1 N–H and O–H groups in total. The molecule has 18 heavy (non-hydrogen) atoms. The molecular weight excluding hydrogens is 244 g/mol. The zero-order valence-electron chi connectivity index (χ0n) is 10.4. The molecule has 0 aliphatic rings. The first-order chi connectivity index (χ1) is 8.65. The first-order valence-corrected chi connectivity index (χ1v) is 6.52. The van der Waals surface area contributed by atoms with Crippen LogP contribution in [-0.2, 0) is 6.42 Å². The van der Waals surface area contributed by atoms with E-state index in [0.29, 0.717) is 0 Å². The smallest absolute Gasteiger partial charge is 0.0793 e. The Morgan fingerprint density at radius 2 is 1.61 bits per heavy atom. The van der Waals surface area contributed by atoms with Gasteiger partial charge in [0.05, 0.1) is 6.10 Å². The predicted octanol–water partition coefficient (Wildman–Crippen LogP) is 4.31. The molecule has 1 nitrogen and oxygen atoms in total. The summed E-state index contributed by atoms with van der Waals surface area (Å²) >= 11 is 5.84. The van der Waals surface area contributed by atoms with E-state index in [1.807, 2.05) is 55.5 Å². The second-order valence-corrected chi connectivity index (χ2v) is 5.03. The number of hydrogen-bond donors (Lipinski definition) is 1. The summed E-state index contributed by atoms with van der Waals surface area (Å²) in [5.41, 5.74) is 3.39. The molecule has 0 fully saturated rings. The molecule has 94 valence electrons. The Kier molecular flexibility index (Phi) is 4.40. The maximum absolute atomic E-state index is 10.1. The minimum Gasteiger partial charge on any atom is -0.388 e. The van der Waals surface area contributed by atoms with Crippen molar-refractivity contribution in [2.24, 2.45) is 0 Å². The van der Waals surface area contributed by atoms with Gasteiger partial charge in [-0.25, -0.2) is 0 Å². The Morgan fingerprint density at radius 3 is 2.22 bits per heavy atom. The Morgan fingerprint density at radius 1 is 1.00 bits per heavy atom. The van der Waals surface area contributed by atoms with E-state index in [1.165, 1.54) is 11.1 Å². The molecule has 0 saturated heterocycles. The highest BCUT2D eigenvalue weighted by atomic mass is 35.5. The third-order valence-corrected chi connectivity index (χ3v) is 3.33. The minimum absolute atomic E-state index is 0.402. The number of rotatable bonds is 4. The molecule has 2 aromatic rings. The van der Waals surface area contributed by atoms with Crippen LogP contribution < -0.4 is 0 Å². The van der Waals surface area contributed by atoms with Crippen molar-refractivity contribution in [3.05, 3.63) is 70.2 Å². The molecule has 2 heteroatoms. The van der Waals surface area contributed by atoms with Gasteiger partial charge in [-0.1, -0.05) is 53.6 Å². The summed E-state index contributed by atoms with van der Waals surface area (Å²) in [6.07, 6.45) is 1.18. The summed E-state index contributed by atoms with van der Waals surface area (Å²) in [6.45, 7) is 2.05. The van der Waals surface area contributed by atoms with Gasteiger partial charge in [-0.15, -0.1) is 0 Å². The molecule has 0 bridgehead atoms. The number of aliphatic hydroxyl groups is 1. The van der Waals surface area contributed by atoms with Gasteiger partial charge in [0.2, 0.25) is 0 Å². The van der Waals surface area contributed by atoms with Gasteiger partial charge in [0.15, 0.2) is 0 Å². The predicted molar refractivity (Wildman–Crippen MR) is 75.9 cm³/mol. The summed E-state index contributed by atoms with van der Waals surface area (Å²) in [7, 11) is 0. The van der Waals surface area contributed by atoms with Crippen LogP contribution in [0.3, 0.4) is 0 Å². The lowest BCUT2D eigenvalue weighted by Gasteiger charge is -2.11. The molecule has 0 amide bonds. The molecule has 2 aromatic carbocycles. The van der Waals surface area contributed by atoms with Crippen LogP contribution in [0.1, 0.15) is 29.2 Å². The highest BCUT2D eigenvalue weighted by Crippen LogP contribution is 2.20. The fraction of sp³-hybridized carbons (Fsp3) is 0.250. The highest BCUT2D eigenvalue weighted by Gasteiger charge is 2.07. The van der Waals surface area contributed by atoms with Crippen LogP contribution in [0.25, 0.3) is 0 Å². The average Bonchev–Trinajstić information content (AvgIpc) is 2.38. The maximum atomic E-state index is 10.1. The first kappa shape index (κ1) is 13.1. The van der Waals surface area contributed by atoms with Crippen LogP contribution in [0.4, 0.5) is 0 Å². The topological polar surface area (TPSA) is 20.2 Å². The highest BCUT2D eigenvalue weighted by molar-refractivity contribution is 6.30. The fourth-order valence-electron chi connectivity index (χ4n) is 1.91. The van der Waals surface area contributed by atoms with Gasteiger partial charge in [0, 0.05) is 5.02 Å². The summed E-state index contributed by atoms with van der Waals surface area (Å²) in [4.78, 5) is 0. The third-order valence-electron chi connectivity index (χ3n) is 3.08. The van der Waals surface area contributed by atoms with Crippen LogP contribution in [0.15, 0.2) is 48.5 Å². The number of hydrogen-bond acceptors (Lipinski definition) is 1. The standard InChI is InChI=1S/C16H17ClO/c1-12-2-7-14(8-3-12)16(18)11-6-13-4-9-15(17)10-5-13/h2-5,7-10,16,18H,6,11H2,1H3. The first-order valence-electron chi connectivity index (χ1n) is 6.14. The lowest BCUT2D eigenvalue weighted by molar-refractivity contribution is 0.168. The summed E-state index contributed by atoms with van der Waals surface area (Å²) in [6, 6.07) is 15.8. The van der Waals surface area contributed by atoms with Gasteiger partial charge in [0.1, 0.15) is 0 Å². The quantitative estimate of drug-likeness (QED) is 0.868. The van der Waals surface area contributed by atoms with Gasteiger partial charge >= 0.3 is 0 Å². The van der Waals surface area contributed by atoms with E-state index in [4.69, 9.17) is 11.6 Å². The van der Waals surface area contributed by atoms with E-state index >= 15 is 0 Å². The number of aryl methyl sites for hydroxylation is 2. The van der Waals surface area contributed by atoms with Gasteiger partial charge in [-0.05, 0) is 43.0 Å². The average molecular weight is 261 g/mol. The number of halogens is 1. The Balaban J connectivity index is 1.93. The molecule has 2 rings (SSSR count). The summed E-state index contributed by atoms with van der Waals surface area (Å²) in [5.74, 6) is 0. The molecule has 0 aliphatic heterocycles. The van der Waals surface area contributed by atoms with Crippen LogP contribution in [-0.4, -0.2) is 5.11 Å². The van der Waals surface area contributed by atoms with Crippen molar-refractivity contribution in [2.45, 2.75) is 25.9 Å². The van der Waals surface area contributed by atoms with Crippen LogP contribution in [0, 0.1) is 6.92 Å². The Bertz CT molecular complexity index is 488. The second-order valence-electron chi connectivity index (χ2n) is 4.59. The molecule has 0 heterocycles. The van der Waals surface area contributed by atoms with Gasteiger partial charge in [0.25, 0.3) is 0 Å². The van der Waals surface area contributed by atoms with Crippen molar-refractivity contribution in [3.63, 3.8) is 0 Å². The monoisotopic (exact) mass is 260 g/mol. The largest absolute Gasteiger partial charge is 0.388 e. The molecule has 0 saturated carbocycles. The zero-order chi connectivity index (χ0) is 13.0. The van der Waals surface area contributed by atoms with Crippen LogP contribution in [0.5, 0.6) is 0 Å². The van der Waals surface area contributed by atoms with E-state index in [9.17, 15) is 5.11 Å². The van der Waals surface area contributed by atoms with Crippen LogP contribution >= 0.6 is 11.6 Å². The molecule has 1 unspecified atom stereocenters. The second kappa shape index (κ2) is 6.03. The van der Waals surface area contributed by atoms with Gasteiger partial charge < -0.3 is 5.11 Å². The molecule has 0 aliphatic carbocycles. The summed E-state index contributed by atoms with van der Waals surface area (Å²) in [5, 5.41) is 10.8. The molecule has 0 spiro atoms. The lowest BCUT2D eigenvalue weighted by Crippen LogP contribution is -1.99. The van der Waals surface area contributed by atoms with Crippen molar-refractivity contribution < 1.29 is 5.11 Å². The van der Waals surface area contributed by atoms with Crippen LogP contribution in [0.2, 0.25) is 5.02 Å². The summed E-state index contributed by atoms with van der Waals surface area (Å²) < 4.78 is 0.